The maximum Gasteiger partial charge on any atom is 0.224 e. The Balaban J connectivity index is 2.81. The molecule has 4 nitrogen and oxygen atoms in total. The quantitative estimate of drug-likeness (QED) is 0.871. The Morgan fingerprint density at radius 3 is 2.62 bits per heavy atom. The number of carbonyl (C=O) groups is 1. The second-order valence-corrected chi connectivity index (χ2v) is 5.14. The molecule has 0 spiro atoms. The molecule has 0 fully saturated rings. The van der Waals surface area contributed by atoms with Gasteiger partial charge in [0.05, 0.1) is 16.7 Å². The molecule has 1 amide bonds. The summed E-state index contributed by atoms with van der Waals surface area (Å²) in [5, 5.41) is 1.04. The van der Waals surface area contributed by atoms with Gasteiger partial charge in [0.1, 0.15) is 0 Å². The second kappa shape index (κ2) is 5.41. The van der Waals surface area contributed by atoms with Gasteiger partial charge in [-0.1, -0.05) is 0 Å². The van der Waals surface area contributed by atoms with E-state index >= 15 is 0 Å². The Bertz CT molecular complexity index is 375. The highest BCUT2D eigenvalue weighted by Crippen LogP contribution is 2.28. The Labute approximate surface area is 100 Å². The lowest BCUT2D eigenvalue weighted by molar-refractivity contribution is -0.131. The highest BCUT2D eigenvalue weighted by molar-refractivity contribution is 7.11. The van der Waals surface area contributed by atoms with Crippen LogP contribution in [0.4, 0.5) is 0 Å². The summed E-state index contributed by atoms with van der Waals surface area (Å²) in [6, 6.07) is 0.0743. The molecule has 0 aliphatic heterocycles. The number of amides is 1. The van der Waals surface area contributed by atoms with Crippen LogP contribution in [0.3, 0.4) is 0 Å². The third kappa shape index (κ3) is 2.80. The first-order valence-corrected chi connectivity index (χ1v) is 6.18. The summed E-state index contributed by atoms with van der Waals surface area (Å²) < 4.78 is 0. The topological polar surface area (TPSA) is 59.2 Å². The lowest BCUT2D eigenvalue weighted by Gasteiger charge is -2.24. The molecule has 0 bridgehead atoms. The lowest BCUT2D eigenvalue weighted by Crippen LogP contribution is -2.30. The molecule has 0 aromatic carbocycles. The van der Waals surface area contributed by atoms with Crippen LogP contribution in [-0.4, -0.2) is 29.4 Å². The monoisotopic (exact) mass is 241 g/mol. The first-order valence-electron chi connectivity index (χ1n) is 5.37. The molecular weight excluding hydrogens is 222 g/mol. The first kappa shape index (κ1) is 13.1. The molecule has 1 aromatic rings. The van der Waals surface area contributed by atoms with E-state index in [1.807, 2.05) is 27.8 Å². The number of aromatic nitrogens is 1. The van der Waals surface area contributed by atoms with E-state index in [1.54, 1.807) is 16.2 Å². The Hall–Kier alpha value is -0.940. The molecule has 16 heavy (non-hydrogen) atoms. The maximum atomic E-state index is 11.7. The van der Waals surface area contributed by atoms with Gasteiger partial charge in [0.15, 0.2) is 0 Å². The van der Waals surface area contributed by atoms with Gasteiger partial charge in [-0.25, -0.2) is 4.98 Å². The van der Waals surface area contributed by atoms with Gasteiger partial charge < -0.3 is 10.6 Å². The second-order valence-electron chi connectivity index (χ2n) is 3.90. The molecule has 0 aliphatic carbocycles. The summed E-state index contributed by atoms with van der Waals surface area (Å²) >= 11 is 1.65. The van der Waals surface area contributed by atoms with Crippen molar-refractivity contribution in [1.29, 1.82) is 0 Å². The van der Waals surface area contributed by atoms with Crippen LogP contribution in [0.15, 0.2) is 0 Å². The molecule has 90 valence electrons. The molecule has 1 atom stereocenters. The zero-order chi connectivity index (χ0) is 12.3. The van der Waals surface area contributed by atoms with Crippen molar-refractivity contribution in [3.8, 4) is 0 Å². The molecule has 1 aromatic heterocycles. The van der Waals surface area contributed by atoms with Crippen LogP contribution in [0.2, 0.25) is 0 Å². The van der Waals surface area contributed by atoms with Gasteiger partial charge in [0, 0.05) is 24.9 Å². The van der Waals surface area contributed by atoms with Crippen molar-refractivity contribution in [2.24, 2.45) is 5.73 Å². The van der Waals surface area contributed by atoms with Crippen molar-refractivity contribution in [3.63, 3.8) is 0 Å². The van der Waals surface area contributed by atoms with Crippen LogP contribution in [0.5, 0.6) is 0 Å². The SMILES string of the molecule is Cc1nc(C)c(C(C)N(C)C(=O)CCN)s1. The van der Waals surface area contributed by atoms with Crippen LogP contribution in [-0.2, 0) is 4.79 Å². The number of nitrogens with two attached hydrogens (primary N) is 1. The standard InChI is InChI=1S/C11H19N3OS/c1-7-11(16-9(3)13-7)8(2)14(4)10(15)5-6-12/h8H,5-6,12H2,1-4H3. The number of carbonyl (C=O) groups excluding carboxylic acids is 1. The summed E-state index contributed by atoms with van der Waals surface area (Å²) in [5.41, 5.74) is 6.40. The van der Waals surface area contributed by atoms with Gasteiger partial charge in [-0.05, 0) is 20.8 Å². The van der Waals surface area contributed by atoms with Gasteiger partial charge in [0.25, 0.3) is 0 Å². The zero-order valence-corrected chi connectivity index (χ0v) is 11.1. The molecule has 0 aliphatic rings. The third-order valence-corrected chi connectivity index (χ3v) is 3.89. The average molecular weight is 241 g/mol. The average Bonchev–Trinajstić information content (AvgIpc) is 2.56. The minimum absolute atomic E-state index is 0.0743. The fourth-order valence-electron chi connectivity index (χ4n) is 1.63. The van der Waals surface area contributed by atoms with Gasteiger partial charge in [-0.15, -0.1) is 11.3 Å². The summed E-state index contributed by atoms with van der Waals surface area (Å²) in [5.74, 6) is 0.0838. The molecule has 1 unspecified atom stereocenters. The molecule has 1 rings (SSSR count). The number of hydrogen-bond donors (Lipinski definition) is 1. The van der Waals surface area contributed by atoms with Crippen molar-refractivity contribution in [3.05, 3.63) is 15.6 Å². The van der Waals surface area contributed by atoms with E-state index in [2.05, 4.69) is 4.98 Å². The highest BCUT2D eigenvalue weighted by Gasteiger charge is 2.20. The Kier molecular flexibility index (Phi) is 4.44. The summed E-state index contributed by atoms with van der Waals surface area (Å²) in [6.07, 6.45) is 0.400. The Morgan fingerprint density at radius 1 is 1.56 bits per heavy atom. The first-order chi connectivity index (χ1) is 7.47. The zero-order valence-electron chi connectivity index (χ0n) is 10.3. The van der Waals surface area contributed by atoms with E-state index in [9.17, 15) is 4.79 Å². The van der Waals surface area contributed by atoms with Crippen molar-refractivity contribution in [1.82, 2.24) is 9.88 Å². The molecule has 5 heteroatoms. The summed E-state index contributed by atoms with van der Waals surface area (Å²) in [4.78, 5) is 19.0. The number of aryl methyl sites for hydroxylation is 2. The summed E-state index contributed by atoms with van der Waals surface area (Å²) in [7, 11) is 1.82. The number of rotatable bonds is 4. The maximum absolute atomic E-state index is 11.7. The molecule has 0 radical (unpaired) electrons. The molecule has 2 N–H and O–H groups in total. The van der Waals surface area contributed by atoms with E-state index in [0.29, 0.717) is 13.0 Å². The normalized spacial score (nSPS) is 12.6. The fourth-order valence-corrected chi connectivity index (χ4v) is 2.65. The Morgan fingerprint density at radius 2 is 2.19 bits per heavy atom. The van der Waals surface area contributed by atoms with E-state index in [1.165, 1.54) is 0 Å². The van der Waals surface area contributed by atoms with Crippen LogP contribution in [0.1, 0.15) is 35.0 Å². The van der Waals surface area contributed by atoms with E-state index in [0.717, 1.165) is 15.6 Å². The molecule has 0 saturated carbocycles. The number of hydrogen-bond acceptors (Lipinski definition) is 4. The van der Waals surface area contributed by atoms with Crippen LogP contribution in [0, 0.1) is 13.8 Å². The summed E-state index contributed by atoms with van der Waals surface area (Å²) in [6.45, 7) is 6.39. The van der Waals surface area contributed by atoms with Crippen molar-refractivity contribution < 1.29 is 4.79 Å². The lowest BCUT2D eigenvalue weighted by atomic mass is 10.2. The van der Waals surface area contributed by atoms with Gasteiger partial charge in [0.2, 0.25) is 5.91 Å². The molecular formula is C11H19N3OS. The minimum atomic E-state index is 0.0743. The molecule has 1 heterocycles. The third-order valence-electron chi connectivity index (χ3n) is 2.65. The van der Waals surface area contributed by atoms with Crippen molar-refractivity contribution in [2.45, 2.75) is 33.2 Å². The smallest absolute Gasteiger partial charge is 0.224 e. The predicted molar refractivity (Wildman–Crippen MR) is 66.4 cm³/mol. The highest BCUT2D eigenvalue weighted by atomic mass is 32.1. The van der Waals surface area contributed by atoms with Crippen LogP contribution in [0.25, 0.3) is 0 Å². The fraction of sp³-hybridized carbons (Fsp3) is 0.636. The van der Waals surface area contributed by atoms with E-state index < -0.39 is 0 Å². The number of thiazole rings is 1. The number of nitrogens with zero attached hydrogens (tertiary/aromatic N) is 2. The van der Waals surface area contributed by atoms with Crippen molar-refractivity contribution >= 4 is 17.2 Å². The van der Waals surface area contributed by atoms with E-state index in [-0.39, 0.29) is 11.9 Å². The van der Waals surface area contributed by atoms with Crippen molar-refractivity contribution in [2.75, 3.05) is 13.6 Å². The largest absolute Gasteiger partial charge is 0.338 e. The van der Waals surface area contributed by atoms with Gasteiger partial charge in [-0.2, -0.15) is 0 Å². The van der Waals surface area contributed by atoms with Gasteiger partial charge in [-0.3, -0.25) is 4.79 Å². The van der Waals surface area contributed by atoms with Crippen LogP contribution >= 0.6 is 11.3 Å². The van der Waals surface area contributed by atoms with Gasteiger partial charge >= 0.3 is 0 Å². The predicted octanol–water partition coefficient (Wildman–Crippen LogP) is 1.63. The molecule has 0 saturated heterocycles. The van der Waals surface area contributed by atoms with Crippen LogP contribution < -0.4 is 5.73 Å². The van der Waals surface area contributed by atoms with E-state index in [4.69, 9.17) is 5.73 Å². The minimum Gasteiger partial charge on any atom is -0.338 e.